The molecule has 9 heteroatoms. The molecule has 1 saturated heterocycles. The van der Waals surface area contributed by atoms with Gasteiger partial charge in [0, 0.05) is 6.20 Å². The Morgan fingerprint density at radius 1 is 1.55 bits per heavy atom. The molecule has 0 aliphatic carbocycles. The van der Waals surface area contributed by atoms with Crippen LogP contribution in [-0.2, 0) is 4.74 Å². The summed E-state index contributed by atoms with van der Waals surface area (Å²) in [7, 11) is 0. The van der Waals surface area contributed by atoms with Crippen molar-refractivity contribution in [3.8, 4) is 0 Å². The summed E-state index contributed by atoms with van der Waals surface area (Å²) < 4.78 is 21.5. The van der Waals surface area contributed by atoms with E-state index in [1.165, 1.54) is 6.08 Å². The maximum absolute atomic E-state index is 13.9. The van der Waals surface area contributed by atoms with Crippen molar-refractivity contribution < 1.29 is 19.3 Å². The van der Waals surface area contributed by atoms with Crippen LogP contribution in [0.2, 0.25) is 0 Å². The van der Waals surface area contributed by atoms with E-state index in [1.807, 2.05) is 27.6 Å². The number of halogens is 2. The normalized spacial score (nSPS) is 30.2. The van der Waals surface area contributed by atoms with Crippen LogP contribution >= 0.6 is 22.6 Å². The molecule has 2 rings (SSSR count). The molecule has 3 N–H and O–H groups in total. The summed E-state index contributed by atoms with van der Waals surface area (Å²) in [5.74, 6) is 0. The number of hydrogen-bond acceptors (Lipinski definition) is 5. The van der Waals surface area contributed by atoms with E-state index < -0.39 is 42.5 Å². The van der Waals surface area contributed by atoms with Crippen molar-refractivity contribution in [2.45, 2.75) is 24.6 Å². The zero-order valence-electron chi connectivity index (χ0n) is 10.1. The van der Waals surface area contributed by atoms with Crippen molar-refractivity contribution in [2.24, 2.45) is 0 Å². The van der Waals surface area contributed by atoms with Crippen LogP contribution in [0.1, 0.15) is 11.8 Å². The number of nitrogens with one attached hydrogen (secondary N) is 1. The summed E-state index contributed by atoms with van der Waals surface area (Å²) in [6.07, 6.45) is -3.33. The Bertz CT molecular complexity index is 628. The first-order valence-electron chi connectivity index (χ1n) is 5.70. The standard InChI is InChI=1S/C11H12FIN2O5/c12-7-8(17)6(4-16)20-10(7)15-3-5(1-2-13)9(18)14-11(15)19/h1-3,6-8,10,16-17H,4H2,(H,14,18,19)/i13+4. The number of H-pyrrole nitrogens is 1. The average molecular weight is 402 g/mol. The number of nitrogens with zero attached hydrogens (tertiary/aromatic N) is 1. The topological polar surface area (TPSA) is 105 Å². The molecule has 1 aliphatic rings. The van der Waals surface area contributed by atoms with E-state index in [0.717, 1.165) is 10.8 Å². The predicted octanol–water partition coefficient (Wildman–Crippen LogP) is -0.469. The van der Waals surface area contributed by atoms with Crippen molar-refractivity contribution in [3.63, 3.8) is 0 Å². The number of alkyl halides is 1. The molecule has 20 heavy (non-hydrogen) atoms. The number of ether oxygens (including phenoxy) is 1. The van der Waals surface area contributed by atoms with Crippen molar-refractivity contribution in [2.75, 3.05) is 6.61 Å². The van der Waals surface area contributed by atoms with E-state index in [-0.39, 0.29) is 5.56 Å². The zero-order chi connectivity index (χ0) is 14.9. The summed E-state index contributed by atoms with van der Waals surface area (Å²) in [6, 6.07) is 0. The molecular formula is C11H12FIN2O5. The molecule has 1 aliphatic heterocycles. The van der Waals surface area contributed by atoms with Gasteiger partial charge in [0.1, 0.15) is 12.2 Å². The van der Waals surface area contributed by atoms with Crippen LogP contribution in [-0.4, -0.2) is 44.8 Å². The lowest BCUT2D eigenvalue weighted by Crippen LogP contribution is -2.36. The van der Waals surface area contributed by atoms with Crippen molar-refractivity contribution in [1.82, 2.24) is 9.55 Å². The summed E-state index contributed by atoms with van der Waals surface area (Å²) in [4.78, 5) is 25.3. The van der Waals surface area contributed by atoms with Gasteiger partial charge in [-0.3, -0.25) is 14.3 Å². The Kier molecular flexibility index (Phi) is 4.73. The first kappa shape index (κ1) is 15.4. The molecule has 4 unspecified atom stereocenters. The number of aliphatic hydroxyl groups excluding tert-OH is 2. The lowest BCUT2D eigenvalue weighted by atomic mass is 10.1. The maximum Gasteiger partial charge on any atom is 0.330 e. The van der Waals surface area contributed by atoms with Gasteiger partial charge in [-0.05, 0) is 10.2 Å². The molecule has 0 spiro atoms. The van der Waals surface area contributed by atoms with Gasteiger partial charge in [0.15, 0.2) is 12.4 Å². The zero-order valence-corrected chi connectivity index (χ0v) is 12.2. The molecule has 0 amide bonds. The minimum Gasteiger partial charge on any atom is -0.394 e. The van der Waals surface area contributed by atoms with Gasteiger partial charge in [-0.1, -0.05) is 22.6 Å². The van der Waals surface area contributed by atoms with E-state index in [1.54, 1.807) is 4.08 Å². The molecule has 1 aromatic rings. The number of aromatic nitrogens is 2. The highest BCUT2D eigenvalue weighted by atomic mass is 131. The van der Waals surface area contributed by atoms with E-state index in [2.05, 4.69) is 0 Å². The van der Waals surface area contributed by atoms with Gasteiger partial charge in [0.25, 0.3) is 5.56 Å². The van der Waals surface area contributed by atoms with Gasteiger partial charge >= 0.3 is 5.69 Å². The van der Waals surface area contributed by atoms with E-state index in [9.17, 15) is 19.1 Å². The lowest BCUT2D eigenvalue weighted by Gasteiger charge is -2.16. The fourth-order valence-corrected chi connectivity index (χ4v) is 2.34. The average Bonchev–Trinajstić information content (AvgIpc) is 2.70. The SMILES string of the molecule is O=c1[nH]c(=O)n(C2OC(CO)C(O)C2F)cc1C=C[131I]. The Labute approximate surface area is 125 Å². The highest BCUT2D eigenvalue weighted by Crippen LogP contribution is 2.30. The Morgan fingerprint density at radius 2 is 2.25 bits per heavy atom. The monoisotopic (exact) mass is 402 g/mol. The fraction of sp³-hybridized carbons (Fsp3) is 0.455. The third-order valence-corrected chi connectivity index (χ3v) is 3.35. The van der Waals surface area contributed by atoms with Gasteiger partial charge in [-0.15, -0.1) is 0 Å². The largest absolute Gasteiger partial charge is 0.394 e. The Balaban J connectivity index is 2.46. The van der Waals surface area contributed by atoms with Crippen LogP contribution in [0.5, 0.6) is 0 Å². The second kappa shape index (κ2) is 6.16. The van der Waals surface area contributed by atoms with Crippen molar-refractivity contribution in [1.29, 1.82) is 0 Å². The first-order valence-corrected chi connectivity index (χ1v) is 6.95. The molecule has 0 aromatic carbocycles. The van der Waals surface area contributed by atoms with Crippen LogP contribution in [0.25, 0.3) is 6.08 Å². The molecule has 0 bridgehead atoms. The van der Waals surface area contributed by atoms with Gasteiger partial charge in [0.05, 0.1) is 12.2 Å². The molecule has 1 fully saturated rings. The van der Waals surface area contributed by atoms with Crippen LogP contribution in [0.4, 0.5) is 4.39 Å². The van der Waals surface area contributed by atoms with Crippen LogP contribution < -0.4 is 11.2 Å². The number of aromatic amines is 1. The third kappa shape index (κ3) is 2.71. The maximum atomic E-state index is 13.9. The van der Waals surface area contributed by atoms with Crippen molar-refractivity contribution in [3.05, 3.63) is 36.7 Å². The second-order valence-corrected chi connectivity index (χ2v) is 4.95. The number of aliphatic hydroxyl groups is 2. The van der Waals surface area contributed by atoms with Crippen LogP contribution in [0.3, 0.4) is 0 Å². The summed E-state index contributed by atoms with van der Waals surface area (Å²) >= 11 is 1.89. The molecule has 4 atom stereocenters. The van der Waals surface area contributed by atoms with E-state index >= 15 is 0 Å². The molecule has 110 valence electrons. The minimum absolute atomic E-state index is 0.150. The second-order valence-electron chi connectivity index (χ2n) is 4.23. The third-order valence-electron chi connectivity index (χ3n) is 2.99. The van der Waals surface area contributed by atoms with Gasteiger partial charge in [-0.25, -0.2) is 9.18 Å². The number of hydrogen-bond donors (Lipinski definition) is 3. The van der Waals surface area contributed by atoms with Crippen LogP contribution in [0, 0.1) is 0 Å². The van der Waals surface area contributed by atoms with E-state index in [4.69, 9.17) is 9.84 Å². The van der Waals surface area contributed by atoms with E-state index in [0.29, 0.717) is 0 Å². The molecule has 0 radical (unpaired) electrons. The predicted molar refractivity (Wildman–Crippen MR) is 76.3 cm³/mol. The summed E-state index contributed by atoms with van der Waals surface area (Å²) in [5, 5.41) is 18.5. The molecule has 7 nitrogen and oxygen atoms in total. The summed E-state index contributed by atoms with van der Waals surface area (Å²) in [5.41, 5.74) is -1.30. The lowest BCUT2D eigenvalue weighted by molar-refractivity contribution is -0.0491. The molecule has 1 aromatic heterocycles. The highest BCUT2D eigenvalue weighted by Gasteiger charge is 2.45. The quantitative estimate of drug-likeness (QED) is 0.594. The van der Waals surface area contributed by atoms with Gasteiger partial charge in [-0.2, -0.15) is 0 Å². The van der Waals surface area contributed by atoms with Gasteiger partial charge in [0.2, 0.25) is 0 Å². The summed E-state index contributed by atoms with van der Waals surface area (Å²) in [6.45, 7) is -0.573. The Hall–Kier alpha value is -1.04. The highest BCUT2D eigenvalue weighted by molar-refractivity contribution is 14.1. The fourth-order valence-electron chi connectivity index (χ4n) is 1.95. The van der Waals surface area contributed by atoms with Crippen LogP contribution in [0.15, 0.2) is 19.9 Å². The minimum atomic E-state index is -1.88. The smallest absolute Gasteiger partial charge is 0.330 e. The van der Waals surface area contributed by atoms with Gasteiger partial charge < -0.3 is 14.9 Å². The Morgan fingerprint density at radius 3 is 2.80 bits per heavy atom. The molecular weight excluding hydrogens is 390 g/mol. The molecule has 0 saturated carbocycles. The number of rotatable bonds is 3. The molecule has 2 heterocycles. The van der Waals surface area contributed by atoms with Crippen molar-refractivity contribution >= 4 is 28.7 Å². The first-order chi connectivity index (χ1) is 9.49.